The van der Waals surface area contributed by atoms with Crippen LogP contribution in [-0.4, -0.2) is 36.8 Å². The fourth-order valence-electron chi connectivity index (χ4n) is 5.74. The summed E-state index contributed by atoms with van der Waals surface area (Å²) in [7, 11) is 0. The maximum atomic E-state index is 6.69. The maximum absolute atomic E-state index is 6.69. The molecule has 0 spiro atoms. The van der Waals surface area contributed by atoms with Gasteiger partial charge in [0.05, 0.1) is 0 Å². The normalized spacial score (nSPS) is 12.8. The van der Waals surface area contributed by atoms with Crippen LogP contribution in [0, 0.1) is 0 Å². The van der Waals surface area contributed by atoms with Crippen molar-refractivity contribution in [2.24, 2.45) is 0 Å². The van der Waals surface area contributed by atoms with Crippen molar-refractivity contribution in [2.45, 2.75) is 108 Å². The molecule has 0 saturated carbocycles. The van der Waals surface area contributed by atoms with Crippen molar-refractivity contribution in [3.05, 3.63) is 47.9 Å². The van der Waals surface area contributed by atoms with Crippen molar-refractivity contribution < 1.29 is 8.83 Å². The zero-order chi connectivity index (χ0) is 30.1. The molecule has 5 aromatic rings. The fourth-order valence-corrected chi connectivity index (χ4v) is 18.6. The molecule has 0 aliphatic rings. The molecule has 0 radical (unpaired) electrons. The van der Waals surface area contributed by atoms with Gasteiger partial charge < -0.3 is 0 Å². The molecule has 5 rings (SSSR count). The first kappa shape index (κ1) is 32.7. The van der Waals surface area contributed by atoms with Gasteiger partial charge in [-0.2, -0.15) is 0 Å². The van der Waals surface area contributed by atoms with Gasteiger partial charge in [-0.25, -0.2) is 0 Å². The van der Waals surface area contributed by atoms with E-state index in [1.807, 2.05) is 22.7 Å². The number of unbranched alkanes of at least 4 members (excludes halogenated alkanes) is 6. The SMILES string of the molecule is CCCCCCc1ccc(-c2c3c[c]([Sn]([CH3])([CH3])[CH3])sc3c(-c3ccc(CCCCCC)o3)c3c[c]([Sn]([CH3])([CH3])[CH3])sc23)o1. The standard InChI is InChI=1S/C30H32O2S2.6CH3.2Sn/c1-3-5-7-9-11-21-13-15-25(31-21)27-23-17-19-34-30(23)28(24-18-20-33-29(24)27)26-16-14-22(32-26)12-10-8-6-4-2;;;;;;;;/h13-18H,3-12H2,1-2H3;6*1H3;;. The molecule has 0 unspecified atom stereocenters. The predicted molar refractivity (Wildman–Crippen MR) is 194 cm³/mol. The van der Waals surface area contributed by atoms with Gasteiger partial charge in [0.2, 0.25) is 0 Å². The average Bonchev–Trinajstić information content (AvgIpc) is 3.73. The molecule has 226 valence electrons. The van der Waals surface area contributed by atoms with Gasteiger partial charge >= 0.3 is 259 Å². The third-order valence-electron chi connectivity index (χ3n) is 8.30. The zero-order valence-corrected chi connectivity index (χ0v) is 34.5. The van der Waals surface area contributed by atoms with E-state index in [1.54, 1.807) is 5.79 Å². The van der Waals surface area contributed by atoms with Crippen LogP contribution in [0.4, 0.5) is 0 Å². The molecular formula is C36H50O2S2Sn2. The van der Waals surface area contributed by atoms with E-state index in [0.29, 0.717) is 0 Å². The molecule has 1 aromatic carbocycles. The Morgan fingerprint density at radius 2 is 0.952 bits per heavy atom. The molecular weight excluding hydrogens is 766 g/mol. The first-order chi connectivity index (χ1) is 20.0. The first-order valence-electron chi connectivity index (χ1n) is 16.2. The van der Waals surface area contributed by atoms with E-state index in [4.69, 9.17) is 8.83 Å². The van der Waals surface area contributed by atoms with E-state index in [-0.39, 0.29) is 0 Å². The van der Waals surface area contributed by atoms with E-state index in [9.17, 15) is 0 Å². The molecule has 6 heteroatoms. The van der Waals surface area contributed by atoms with E-state index in [2.05, 4.69) is 79.9 Å². The molecule has 4 heterocycles. The number of hydrogen-bond donors (Lipinski definition) is 0. The Labute approximate surface area is 270 Å². The number of aryl methyl sites for hydroxylation is 2. The Morgan fingerprint density at radius 3 is 1.31 bits per heavy atom. The summed E-state index contributed by atoms with van der Waals surface area (Å²) in [6.45, 7) is 4.55. The Morgan fingerprint density at radius 1 is 0.548 bits per heavy atom. The quantitative estimate of drug-likeness (QED) is 0.0824. The Bertz CT molecular complexity index is 1460. The number of fused-ring (bicyclic) bond motifs is 2. The van der Waals surface area contributed by atoms with Crippen LogP contribution in [0.5, 0.6) is 0 Å². The van der Waals surface area contributed by atoms with E-state index in [0.717, 1.165) is 35.9 Å². The molecule has 4 aromatic heterocycles. The van der Waals surface area contributed by atoms with Gasteiger partial charge in [0.1, 0.15) is 0 Å². The summed E-state index contributed by atoms with van der Waals surface area (Å²) >= 11 is -0.618. The summed E-state index contributed by atoms with van der Waals surface area (Å²) in [5.74, 6) is 4.35. The van der Waals surface area contributed by atoms with Gasteiger partial charge in [-0.1, -0.05) is 13.8 Å². The van der Waals surface area contributed by atoms with Crippen LogP contribution in [-0.2, 0) is 12.8 Å². The summed E-state index contributed by atoms with van der Waals surface area (Å²) in [5.41, 5.74) is 2.64. The number of rotatable bonds is 14. The number of furan rings is 2. The van der Waals surface area contributed by atoms with Gasteiger partial charge in [-0.3, -0.25) is 0 Å². The molecule has 0 bridgehead atoms. The molecule has 0 atom stereocenters. The molecule has 0 fully saturated rings. The van der Waals surface area contributed by atoms with Crippen LogP contribution in [0.2, 0.25) is 29.6 Å². The van der Waals surface area contributed by atoms with Crippen LogP contribution < -0.4 is 5.79 Å². The van der Waals surface area contributed by atoms with E-state index < -0.39 is 36.8 Å². The summed E-state index contributed by atoms with van der Waals surface area (Å²) in [6.07, 6.45) is 12.1. The van der Waals surface area contributed by atoms with Crippen LogP contribution >= 0.6 is 22.7 Å². The molecule has 2 nitrogen and oxygen atoms in total. The monoisotopic (exact) mass is 818 g/mol. The topological polar surface area (TPSA) is 26.3 Å². The predicted octanol–water partition coefficient (Wildman–Crippen LogP) is 12.0. The second-order valence-electron chi connectivity index (χ2n) is 14.1. The minimum atomic E-state index is -2.35. The number of thiophene rings is 2. The third kappa shape index (κ3) is 7.23. The molecule has 0 amide bonds. The van der Waals surface area contributed by atoms with Crippen molar-refractivity contribution in [1.29, 1.82) is 0 Å². The van der Waals surface area contributed by atoms with Gasteiger partial charge in [0.25, 0.3) is 0 Å². The second-order valence-corrected chi connectivity index (χ2v) is 47.0. The van der Waals surface area contributed by atoms with Crippen molar-refractivity contribution in [2.75, 3.05) is 0 Å². The van der Waals surface area contributed by atoms with E-state index >= 15 is 0 Å². The molecule has 0 aliphatic carbocycles. The van der Waals surface area contributed by atoms with Gasteiger partial charge in [0.15, 0.2) is 0 Å². The Hall–Kier alpha value is -0.703. The van der Waals surface area contributed by atoms with Crippen molar-refractivity contribution in [3.63, 3.8) is 0 Å². The van der Waals surface area contributed by atoms with Crippen molar-refractivity contribution in [1.82, 2.24) is 0 Å². The molecule has 0 saturated heterocycles. The summed E-state index contributed by atoms with van der Waals surface area (Å²) in [4.78, 5) is 15.2. The van der Waals surface area contributed by atoms with Gasteiger partial charge in [-0.05, 0) is 0 Å². The summed E-state index contributed by atoms with van der Waals surface area (Å²) in [5, 5.41) is 2.74. The minimum absolute atomic E-state index is 1.03. The summed E-state index contributed by atoms with van der Waals surface area (Å²) in [6, 6.07) is 14.1. The van der Waals surface area contributed by atoms with Gasteiger partial charge in [0, 0.05) is 0 Å². The van der Waals surface area contributed by atoms with Crippen molar-refractivity contribution in [3.8, 4) is 22.6 Å². The van der Waals surface area contributed by atoms with Crippen molar-refractivity contribution >= 4 is 85.4 Å². The first-order valence-corrected chi connectivity index (χ1v) is 37.8. The second kappa shape index (κ2) is 13.7. The van der Waals surface area contributed by atoms with Gasteiger partial charge in [-0.15, -0.1) is 0 Å². The number of benzene rings is 1. The van der Waals surface area contributed by atoms with Crippen LogP contribution in [0.15, 0.2) is 45.2 Å². The van der Waals surface area contributed by atoms with Crippen LogP contribution in [0.3, 0.4) is 0 Å². The molecule has 0 aliphatic heterocycles. The Balaban J connectivity index is 1.71. The fraction of sp³-hybridized carbons (Fsp3) is 0.500. The van der Waals surface area contributed by atoms with E-state index in [1.165, 1.54) is 82.7 Å². The third-order valence-corrected chi connectivity index (χ3v) is 29.5. The molecule has 0 N–H and O–H groups in total. The summed E-state index contributed by atoms with van der Waals surface area (Å²) < 4.78 is 19.4. The number of hydrogen-bond acceptors (Lipinski definition) is 4. The average molecular weight is 816 g/mol. The Kier molecular flexibility index (Phi) is 10.7. The van der Waals surface area contributed by atoms with Crippen LogP contribution in [0.1, 0.15) is 76.7 Å². The zero-order valence-electron chi connectivity index (χ0n) is 27.2. The van der Waals surface area contributed by atoms with Crippen LogP contribution in [0.25, 0.3) is 42.8 Å². The molecule has 42 heavy (non-hydrogen) atoms.